The van der Waals surface area contributed by atoms with Crippen molar-refractivity contribution in [2.24, 2.45) is 0 Å². The lowest BCUT2D eigenvalue weighted by atomic mass is 10.1. The highest BCUT2D eigenvalue weighted by Gasteiger charge is 2.21. The Kier molecular flexibility index (Phi) is 2.59. The van der Waals surface area contributed by atoms with Crippen molar-refractivity contribution in [1.29, 1.82) is 0 Å². The van der Waals surface area contributed by atoms with Crippen LogP contribution in [0.15, 0.2) is 48.8 Å². The lowest BCUT2D eigenvalue weighted by molar-refractivity contribution is 0.842. The van der Waals surface area contributed by atoms with Gasteiger partial charge in [-0.05, 0) is 18.1 Å². The molecule has 2 aromatic heterocycles. The minimum Gasteiger partial charge on any atom is -0.365 e. The van der Waals surface area contributed by atoms with Crippen LogP contribution in [-0.2, 0) is 6.42 Å². The fourth-order valence-electron chi connectivity index (χ4n) is 2.82. The van der Waals surface area contributed by atoms with Crippen LogP contribution in [0.4, 0.5) is 11.4 Å². The van der Waals surface area contributed by atoms with Crippen molar-refractivity contribution in [3.63, 3.8) is 0 Å². The van der Waals surface area contributed by atoms with E-state index in [4.69, 9.17) is 0 Å². The zero-order valence-electron chi connectivity index (χ0n) is 11.1. The van der Waals surface area contributed by atoms with Crippen LogP contribution in [0.25, 0.3) is 11.0 Å². The second kappa shape index (κ2) is 4.56. The molecule has 4 heteroatoms. The zero-order valence-corrected chi connectivity index (χ0v) is 11.1. The van der Waals surface area contributed by atoms with Gasteiger partial charge in [0.1, 0.15) is 5.65 Å². The van der Waals surface area contributed by atoms with E-state index >= 15 is 0 Å². The standard InChI is InChI=1S/C16H16N4/c1-2-4-12(5-3-1)7-9-20-11-19-14-10-18-16-13(15(14)20)6-8-17-16/h1-6,8,10,19H,7,9,11H2,(H,17,18). The van der Waals surface area contributed by atoms with Crippen LogP contribution in [0.1, 0.15) is 5.56 Å². The summed E-state index contributed by atoms with van der Waals surface area (Å²) in [5.41, 5.74) is 4.73. The second-order valence-electron chi connectivity index (χ2n) is 5.09. The maximum absolute atomic E-state index is 4.42. The van der Waals surface area contributed by atoms with Gasteiger partial charge in [0.15, 0.2) is 0 Å². The normalized spacial score (nSPS) is 13.5. The molecule has 100 valence electrons. The molecule has 4 rings (SSSR count). The van der Waals surface area contributed by atoms with E-state index in [9.17, 15) is 0 Å². The molecule has 0 radical (unpaired) electrons. The molecule has 3 heterocycles. The number of pyridine rings is 1. The summed E-state index contributed by atoms with van der Waals surface area (Å²) in [5, 5.41) is 4.61. The summed E-state index contributed by atoms with van der Waals surface area (Å²) in [6.45, 7) is 1.86. The third-order valence-corrected chi connectivity index (χ3v) is 3.85. The average Bonchev–Trinajstić information content (AvgIpc) is 3.12. The van der Waals surface area contributed by atoms with Crippen LogP contribution < -0.4 is 10.2 Å². The summed E-state index contributed by atoms with van der Waals surface area (Å²) >= 11 is 0. The first-order valence-corrected chi connectivity index (χ1v) is 6.91. The predicted molar refractivity (Wildman–Crippen MR) is 82.1 cm³/mol. The SMILES string of the molecule is c1ccc(CCN2CNc3cnc4[nH]ccc4c32)cc1. The first-order valence-electron chi connectivity index (χ1n) is 6.91. The number of fused-ring (bicyclic) bond motifs is 3. The number of H-pyrrole nitrogens is 1. The van der Waals surface area contributed by atoms with Crippen LogP contribution in [0, 0.1) is 0 Å². The molecule has 0 saturated carbocycles. The smallest absolute Gasteiger partial charge is 0.139 e. The van der Waals surface area contributed by atoms with Crippen LogP contribution >= 0.6 is 0 Å². The Morgan fingerprint density at radius 2 is 2.05 bits per heavy atom. The Morgan fingerprint density at radius 3 is 2.95 bits per heavy atom. The van der Waals surface area contributed by atoms with Gasteiger partial charge < -0.3 is 15.2 Å². The molecule has 0 saturated heterocycles. The van der Waals surface area contributed by atoms with E-state index in [0.717, 1.165) is 31.0 Å². The number of benzene rings is 1. The maximum Gasteiger partial charge on any atom is 0.139 e. The van der Waals surface area contributed by atoms with Crippen LogP contribution in [0.3, 0.4) is 0 Å². The molecular formula is C16H16N4. The number of rotatable bonds is 3. The number of nitrogens with zero attached hydrogens (tertiary/aromatic N) is 2. The molecule has 0 bridgehead atoms. The van der Waals surface area contributed by atoms with Crippen molar-refractivity contribution in [1.82, 2.24) is 9.97 Å². The van der Waals surface area contributed by atoms with Crippen molar-refractivity contribution in [3.8, 4) is 0 Å². The number of hydrogen-bond donors (Lipinski definition) is 2. The Bertz CT molecular complexity index is 733. The van der Waals surface area contributed by atoms with Crippen molar-refractivity contribution in [2.45, 2.75) is 6.42 Å². The number of nitrogens with one attached hydrogen (secondary N) is 2. The van der Waals surface area contributed by atoms with E-state index in [-0.39, 0.29) is 0 Å². The summed E-state index contributed by atoms with van der Waals surface area (Å²) in [6, 6.07) is 12.7. The van der Waals surface area contributed by atoms with E-state index in [1.54, 1.807) is 0 Å². The lowest BCUT2D eigenvalue weighted by Crippen LogP contribution is -2.25. The number of aromatic nitrogens is 2. The minimum atomic E-state index is 0.855. The molecule has 3 aromatic rings. The highest BCUT2D eigenvalue weighted by atomic mass is 15.3. The molecule has 0 unspecified atom stereocenters. The Balaban J connectivity index is 1.62. The first kappa shape index (κ1) is 11.3. The highest BCUT2D eigenvalue weighted by molar-refractivity contribution is 5.98. The van der Waals surface area contributed by atoms with E-state index in [1.165, 1.54) is 16.6 Å². The molecule has 1 aromatic carbocycles. The fraction of sp³-hybridized carbons (Fsp3) is 0.188. The summed E-state index contributed by atoms with van der Waals surface area (Å²) in [6.07, 6.45) is 4.92. The van der Waals surface area contributed by atoms with Gasteiger partial charge in [-0.15, -0.1) is 0 Å². The molecule has 0 fully saturated rings. The third-order valence-electron chi connectivity index (χ3n) is 3.85. The summed E-state index contributed by atoms with van der Waals surface area (Å²) in [7, 11) is 0. The van der Waals surface area contributed by atoms with Crippen LogP contribution in [0.2, 0.25) is 0 Å². The Morgan fingerprint density at radius 1 is 1.15 bits per heavy atom. The fourth-order valence-corrected chi connectivity index (χ4v) is 2.82. The molecule has 0 aliphatic carbocycles. The highest BCUT2D eigenvalue weighted by Crippen LogP contribution is 2.36. The number of anilines is 2. The van der Waals surface area contributed by atoms with Gasteiger partial charge in [0, 0.05) is 18.1 Å². The van der Waals surface area contributed by atoms with E-state index in [1.807, 2.05) is 12.4 Å². The molecule has 0 spiro atoms. The van der Waals surface area contributed by atoms with Gasteiger partial charge >= 0.3 is 0 Å². The van der Waals surface area contributed by atoms with Crippen molar-refractivity contribution < 1.29 is 0 Å². The topological polar surface area (TPSA) is 44.0 Å². The summed E-state index contributed by atoms with van der Waals surface area (Å²) < 4.78 is 0. The number of hydrogen-bond acceptors (Lipinski definition) is 3. The number of aromatic amines is 1. The predicted octanol–water partition coefficient (Wildman–Crippen LogP) is 3.00. The Labute approximate surface area is 117 Å². The third kappa shape index (κ3) is 1.81. The Hall–Kier alpha value is -2.49. The van der Waals surface area contributed by atoms with Gasteiger partial charge in [-0.25, -0.2) is 4.98 Å². The zero-order chi connectivity index (χ0) is 13.4. The van der Waals surface area contributed by atoms with Gasteiger partial charge in [-0.2, -0.15) is 0 Å². The monoisotopic (exact) mass is 264 g/mol. The van der Waals surface area contributed by atoms with Gasteiger partial charge in [0.2, 0.25) is 0 Å². The quantitative estimate of drug-likeness (QED) is 0.764. The van der Waals surface area contributed by atoms with Crippen molar-refractivity contribution in [3.05, 3.63) is 54.4 Å². The van der Waals surface area contributed by atoms with Gasteiger partial charge in [0.05, 0.1) is 24.2 Å². The molecule has 1 aliphatic heterocycles. The van der Waals surface area contributed by atoms with E-state index in [2.05, 4.69) is 56.6 Å². The first-order chi connectivity index (χ1) is 9.92. The summed E-state index contributed by atoms with van der Waals surface area (Å²) in [5.74, 6) is 0. The molecule has 0 amide bonds. The van der Waals surface area contributed by atoms with Crippen LogP contribution in [0.5, 0.6) is 0 Å². The maximum atomic E-state index is 4.42. The van der Waals surface area contributed by atoms with E-state index < -0.39 is 0 Å². The van der Waals surface area contributed by atoms with Crippen molar-refractivity contribution >= 4 is 22.4 Å². The van der Waals surface area contributed by atoms with Crippen LogP contribution in [-0.4, -0.2) is 23.2 Å². The van der Waals surface area contributed by atoms with Crippen molar-refractivity contribution in [2.75, 3.05) is 23.4 Å². The second-order valence-corrected chi connectivity index (χ2v) is 5.09. The van der Waals surface area contributed by atoms with Gasteiger partial charge in [-0.3, -0.25) is 0 Å². The van der Waals surface area contributed by atoms with Gasteiger partial charge in [0.25, 0.3) is 0 Å². The minimum absolute atomic E-state index is 0.855. The molecular weight excluding hydrogens is 248 g/mol. The van der Waals surface area contributed by atoms with Gasteiger partial charge in [-0.1, -0.05) is 30.3 Å². The molecule has 0 atom stereocenters. The lowest BCUT2D eigenvalue weighted by Gasteiger charge is -2.18. The molecule has 20 heavy (non-hydrogen) atoms. The average molecular weight is 264 g/mol. The molecule has 2 N–H and O–H groups in total. The largest absolute Gasteiger partial charge is 0.365 e. The molecule has 4 nitrogen and oxygen atoms in total. The van der Waals surface area contributed by atoms with E-state index in [0.29, 0.717) is 0 Å². The molecule has 1 aliphatic rings. The summed E-state index contributed by atoms with van der Waals surface area (Å²) in [4.78, 5) is 9.99.